The third-order valence-corrected chi connectivity index (χ3v) is 8.72. The van der Waals surface area contributed by atoms with E-state index in [1.54, 1.807) is 47.0 Å². The van der Waals surface area contributed by atoms with Crippen molar-refractivity contribution < 1.29 is 17.3 Å². The minimum Gasteiger partial charge on any atom is -0.497 e. The van der Waals surface area contributed by atoms with Crippen LogP contribution in [0.1, 0.15) is 23.2 Å². The number of piperazine rings is 1. The third kappa shape index (κ3) is 5.70. The van der Waals surface area contributed by atoms with Crippen LogP contribution in [0, 0.1) is 0 Å². The maximum absolute atomic E-state index is 13.1. The van der Waals surface area contributed by atoms with Crippen LogP contribution in [0.5, 0.6) is 11.5 Å². The van der Waals surface area contributed by atoms with Crippen LogP contribution in [0.3, 0.4) is 0 Å². The van der Waals surface area contributed by atoms with E-state index < -0.39 is 10.0 Å². The second-order valence-corrected chi connectivity index (χ2v) is 11.1. The molecule has 3 aromatic rings. The molecule has 0 aliphatic carbocycles. The van der Waals surface area contributed by atoms with Gasteiger partial charge in [0.25, 0.3) is 0 Å². The highest BCUT2D eigenvalue weighted by molar-refractivity contribution is 7.89. The molecule has 0 N–H and O–H groups in total. The van der Waals surface area contributed by atoms with Crippen LogP contribution in [-0.2, 0) is 23.0 Å². The summed E-state index contributed by atoms with van der Waals surface area (Å²) in [6, 6.07) is 14.4. The summed E-state index contributed by atoms with van der Waals surface area (Å²) in [6.07, 6.45) is 0.727. The van der Waals surface area contributed by atoms with Gasteiger partial charge >= 0.3 is 0 Å². The van der Waals surface area contributed by atoms with Gasteiger partial charge < -0.3 is 8.92 Å². The van der Waals surface area contributed by atoms with Crippen molar-refractivity contribution in [3.63, 3.8) is 0 Å². The first kappa shape index (κ1) is 24.0. The topological polar surface area (TPSA) is 72.0 Å². The van der Waals surface area contributed by atoms with E-state index in [9.17, 15) is 8.42 Å². The molecule has 1 saturated heterocycles. The van der Waals surface area contributed by atoms with Gasteiger partial charge in [-0.25, -0.2) is 13.4 Å². The molecule has 10 heteroatoms. The third-order valence-electron chi connectivity index (χ3n) is 5.75. The van der Waals surface area contributed by atoms with E-state index in [0.717, 1.165) is 22.7 Å². The van der Waals surface area contributed by atoms with Crippen LogP contribution in [0.15, 0.2) is 58.8 Å². The summed E-state index contributed by atoms with van der Waals surface area (Å²) < 4.78 is 37.8. The fourth-order valence-corrected chi connectivity index (χ4v) is 6.35. The molecule has 0 spiro atoms. The quantitative estimate of drug-likeness (QED) is 0.370. The van der Waals surface area contributed by atoms with Crippen molar-refractivity contribution in [3.8, 4) is 11.5 Å². The molecular formula is C23H27N3O4S3. The average Bonchev–Trinajstić information content (AvgIpc) is 3.27. The SMILES string of the molecule is COc1ccc(S(=O)(=O)N2CCN(Cc3nc(Cc4cccc(OS)c4)cs3)C(C)C2)cc1. The Hall–Kier alpha value is -2.11. The Morgan fingerprint density at radius 1 is 1.15 bits per heavy atom. The fraction of sp³-hybridized carbons (Fsp3) is 0.348. The molecule has 1 unspecified atom stereocenters. The molecule has 1 aromatic heterocycles. The molecule has 4 rings (SSSR count). The zero-order valence-electron chi connectivity index (χ0n) is 18.5. The zero-order chi connectivity index (χ0) is 23.4. The van der Waals surface area contributed by atoms with Gasteiger partial charge in [0.05, 0.1) is 24.2 Å². The summed E-state index contributed by atoms with van der Waals surface area (Å²) in [5, 5.41) is 3.11. The van der Waals surface area contributed by atoms with Gasteiger partial charge in [0.15, 0.2) is 0 Å². The van der Waals surface area contributed by atoms with Gasteiger partial charge in [-0.3, -0.25) is 4.90 Å². The second-order valence-electron chi connectivity index (χ2n) is 8.01. The first-order valence-electron chi connectivity index (χ1n) is 10.6. The maximum atomic E-state index is 13.1. The number of hydrogen-bond donors (Lipinski definition) is 1. The summed E-state index contributed by atoms with van der Waals surface area (Å²) in [6.45, 7) is 4.33. The molecule has 2 aromatic carbocycles. The van der Waals surface area contributed by atoms with Crippen molar-refractivity contribution >= 4 is 34.3 Å². The molecule has 0 amide bonds. The molecule has 0 radical (unpaired) electrons. The molecule has 1 atom stereocenters. The number of sulfonamides is 1. The lowest BCUT2D eigenvalue weighted by Crippen LogP contribution is -2.53. The lowest BCUT2D eigenvalue weighted by Gasteiger charge is -2.38. The summed E-state index contributed by atoms with van der Waals surface area (Å²) in [5.41, 5.74) is 2.13. The highest BCUT2D eigenvalue weighted by atomic mass is 32.2. The Morgan fingerprint density at radius 2 is 1.94 bits per heavy atom. The predicted molar refractivity (Wildman–Crippen MR) is 133 cm³/mol. The Bertz CT molecular complexity index is 1180. The minimum absolute atomic E-state index is 0.0864. The van der Waals surface area contributed by atoms with E-state index in [0.29, 0.717) is 42.6 Å². The van der Waals surface area contributed by atoms with Gasteiger partial charge in [-0.2, -0.15) is 4.31 Å². The lowest BCUT2D eigenvalue weighted by molar-refractivity contribution is 0.122. The van der Waals surface area contributed by atoms with Crippen molar-refractivity contribution in [1.29, 1.82) is 0 Å². The molecule has 1 aliphatic heterocycles. The normalized spacial score (nSPS) is 17.7. The van der Waals surface area contributed by atoms with Crippen molar-refractivity contribution in [3.05, 3.63) is 70.2 Å². The number of aromatic nitrogens is 1. The van der Waals surface area contributed by atoms with Crippen LogP contribution in [0.2, 0.25) is 0 Å². The average molecular weight is 506 g/mol. The van der Waals surface area contributed by atoms with E-state index >= 15 is 0 Å². The number of methoxy groups -OCH3 is 1. The van der Waals surface area contributed by atoms with Crippen molar-refractivity contribution in [1.82, 2.24) is 14.2 Å². The minimum atomic E-state index is -3.53. The Balaban J connectivity index is 1.36. The molecule has 176 valence electrons. The summed E-state index contributed by atoms with van der Waals surface area (Å²) in [5.74, 6) is 1.35. The summed E-state index contributed by atoms with van der Waals surface area (Å²) in [7, 11) is -1.97. The highest BCUT2D eigenvalue weighted by Crippen LogP contribution is 2.24. The summed E-state index contributed by atoms with van der Waals surface area (Å²) >= 11 is 5.50. The lowest BCUT2D eigenvalue weighted by atomic mass is 10.1. The van der Waals surface area contributed by atoms with E-state index in [1.807, 2.05) is 24.3 Å². The molecule has 0 bridgehead atoms. The van der Waals surface area contributed by atoms with Crippen LogP contribution in [-0.4, -0.2) is 55.4 Å². The number of thiol groups is 1. The molecule has 1 aliphatic rings. The van der Waals surface area contributed by atoms with Gasteiger partial charge in [-0.1, -0.05) is 12.1 Å². The monoisotopic (exact) mass is 505 g/mol. The standard InChI is InChI=1S/C23H27N3O4S3/c1-17-14-26(33(27,28)22-8-6-20(29-2)7-9-22)11-10-25(17)15-23-24-19(16-32-23)12-18-4-3-5-21(13-18)30-31/h3-9,13,16-17,31H,10-12,14-15H2,1-2H3. The zero-order valence-corrected chi connectivity index (χ0v) is 21.1. The van der Waals surface area contributed by atoms with Crippen LogP contribution in [0.4, 0.5) is 0 Å². The van der Waals surface area contributed by atoms with Gasteiger partial charge in [-0.15, -0.1) is 11.3 Å². The first-order chi connectivity index (χ1) is 15.9. The van der Waals surface area contributed by atoms with Gasteiger partial charge in [0.1, 0.15) is 16.5 Å². The second kappa shape index (κ2) is 10.4. The molecule has 0 saturated carbocycles. The molecule has 1 fully saturated rings. The molecule has 7 nitrogen and oxygen atoms in total. The van der Waals surface area contributed by atoms with E-state index in [2.05, 4.69) is 30.1 Å². The number of thiazole rings is 1. The number of rotatable bonds is 8. The van der Waals surface area contributed by atoms with Crippen molar-refractivity contribution in [2.75, 3.05) is 26.7 Å². The van der Waals surface area contributed by atoms with E-state index in [4.69, 9.17) is 13.9 Å². The number of hydrogen-bond acceptors (Lipinski definition) is 8. The van der Waals surface area contributed by atoms with Crippen molar-refractivity contribution in [2.45, 2.75) is 30.8 Å². The largest absolute Gasteiger partial charge is 0.497 e. The van der Waals surface area contributed by atoms with Gasteiger partial charge in [0.2, 0.25) is 10.0 Å². The van der Waals surface area contributed by atoms with Gasteiger partial charge in [-0.05, 0) is 48.9 Å². The van der Waals surface area contributed by atoms with Crippen molar-refractivity contribution in [2.24, 2.45) is 0 Å². The van der Waals surface area contributed by atoms with Crippen LogP contribution in [0.25, 0.3) is 0 Å². The maximum Gasteiger partial charge on any atom is 0.243 e. The molecule has 2 heterocycles. The smallest absolute Gasteiger partial charge is 0.243 e. The number of benzene rings is 2. The Morgan fingerprint density at radius 3 is 2.64 bits per heavy atom. The predicted octanol–water partition coefficient (Wildman–Crippen LogP) is 3.86. The first-order valence-corrected chi connectivity index (χ1v) is 13.3. The fourth-order valence-electron chi connectivity index (χ4n) is 3.91. The Kier molecular flexibility index (Phi) is 7.60. The highest BCUT2D eigenvalue weighted by Gasteiger charge is 2.32. The van der Waals surface area contributed by atoms with Crippen LogP contribution >= 0.6 is 24.2 Å². The number of ether oxygens (including phenoxy) is 1. The van der Waals surface area contributed by atoms with Gasteiger partial charge in [0, 0.05) is 50.4 Å². The van der Waals surface area contributed by atoms with Crippen LogP contribution < -0.4 is 8.92 Å². The number of nitrogens with zero attached hydrogens (tertiary/aromatic N) is 3. The van der Waals surface area contributed by atoms with E-state index in [-0.39, 0.29) is 6.04 Å². The van der Waals surface area contributed by atoms with E-state index in [1.165, 1.54) is 0 Å². The summed E-state index contributed by atoms with van der Waals surface area (Å²) in [4.78, 5) is 7.38. The molecular weight excluding hydrogens is 478 g/mol. The Labute approximate surface area is 204 Å². The molecule has 33 heavy (non-hydrogen) atoms.